The zero-order valence-electron chi connectivity index (χ0n) is 24.2. The molecular formula is C41H30N2Si. The normalized spacial score (nSPS) is 11.6. The molecular weight excluding hydrogens is 549 g/mol. The van der Waals surface area contributed by atoms with Crippen LogP contribution in [0.3, 0.4) is 0 Å². The predicted octanol–water partition coefficient (Wildman–Crippen LogP) is 7.22. The maximum absolute atomic E-state index is 4.35. The first-order chi connectivity index (χ1) is 21.8. The number of hydrogen-bond acceptors (Lipinski definition) is 1. The van der Waals surface area contributed by atoms with Gasteiger partial charge in [0.1, 0.15) is 0 Å². The van der Waals surface area contributed by atoms with Gasteiger partial charge >= 0.3 is 0 Å². The fourth-order valence-electron chi connectivity index (χ4n) is 6.88. The van der Waals surface area contributed by atoms with Gasteiger partial charge in [0.15, 0.2) is 8.07 Å². The molecule has 0 bridgehead atoms. The van der Waals surface area contributed by atoms with Crippen LogP contribution in [0.4, 0.5) is 0 Å². The molecule has 3 heteroatoms. The largest absolute Gasteiger partial charge is 0.309 e. The fourth-order valence-corrected chi connectivity index (χ4v) is 11.6. The lowest BCUT2D eigenvalue weighted by Crippen LogP contribution is -2.74. The molecule has 2 nitrogen and oxygen atoms in total. The molecule has 0 aliphatic heterocycles. The Morgan fingerprint density at radius 3 is 1.39 bits per heavy atom. The van der Waals surface area contributed by atoms with E-state index in [4.69, 9.17) is 0 Å². The first-order valence-corrected chi connectivity index (χ1v) is 17.1. The standard InChI is InChI=1S/C41H30N2Si/c1-3-13-34(14-4-1)44(35-15-5-2-6-16-35,36-25-21-31(22-26-36)32-12-11-29-42-30-32)37-27-23-33(24-28-37)43-40-19-9-7-17-38(40)39-18-8-10-20-41(39)43/h1-30H. The second-order valence-electron chi connectivity index (χ2n) is 11.2. The van der Waals surface area contributed by atoms with Crippen LogP contribution in [0.25, 0.3) is 38.6 Å². The lowest BCUT2D eigenvalue weighted by atomic mass is 10.1. The van der Waals surface area contributed by atoms with Crippen LogP contribution in [0.5, 0.6) is 0 Å². The van der Waals surface area contributed by atoms with Crippen molar-refractivity contribution in [2.24, 2.45) is 0 Å². The number of aromatic nitrogens is 2. The van der Waals surface area contributed by atoms with Crippen LogP contribution in [0.15, 0.2) is 182 Å². The number of benzene rings is 6. The third-order valence-corrected chi connectivity index (χ3v) is 13.7. The molecule has 8 rings (SSSR count). The highest BCUT2D eigenvalue weighted by Crippen LogP contribution is 2.31. The van der Waals surface area contributed by atoms with Gasteiger partial charge in [-0.15, -0.1) is 0 Å². The van der Waals surface area contributed by atoms with E-state index in [1.54, 1.807) is 0 Å². The molecule has 0 N–H and O–H groups in total. The van der Waals surface area contributed by atoms with Crippen LogP contribution >= 0.6 is 0 Å². The number of pyridine rings is 1. The van der Waals surface area contributed by atoms with Crippen LogP contribution in [0.2, 0.25) is 0 Å². The van der Waals surface area contributed by atoms with Crippen molar-refractivity contribution in [2.75, 3.05) is 0 Å². The van der Waals surface area contributed by atoms with Gasteiger partial charge in [-0.05, 0) is 62.2 Å². The van der Waals surface area contributed by atoms with Crippen LogP contribution in [-0.2, 0) is 0 Å². The van der Waals surface area contributed by atoms with Crippen molar-refractivity contribution in [3.8, 4) is 16.8 Å². The van der Waals surface area contributed by atoms with E-state index < -0.39 is 8.07 Å². The molecule has 0 radical (unpaired) electrons. The van der Waals surface area contributed by atoms with Crippen molar-refractivity contribution < 1.29 is 0 Å². The molecule has 8 aromatic rings. The van der Waals surface area contributed by atoms with Crippen molar-refractivity contribution in [3.05, 3.63) is 182 Å². The van der Waals surface area contributed by atoms with Gasteiger partial charge < -0.3 is 4.57 Å². The van der Waals surface area contributed by atoms with Crippen LogP contribution in [0.1, 0.15) is 0 Å². The summed E-state index contributed by atoms with van der Waals surface area (Å²) in [5.41, 5.74) is 5.92. The second kappa shape index (κ2) is 11.0. The highest BCUT2D eigenvalue weighted by Gasteiger charge is 2.41. The number of hydrogen-bond donors (Lipinski definition) is 0. The average Bonchev–Trinajstić information content (AvgIpc) is 3.45. The first-order valence-electron chi connectivity index (χ1n) is 15.1. The Kier molecular flexibility index (Phi) is 6.51. The van der Waals surface area contributed by atoms with Gasteiger partial charge in [0.05, 0.1) is 11.0 Å². The van der Waals surface area contributed by atoms with Gasteiger partial charge in [-0.3, -0.25) is 4.98 Å². The van der Waals surface area contributed by atoms with Gasteiger partial charge in [-0.2, -0.15) is 0 Å². The maximum Gasteiger partial charge on any atom is 0.179 e. The smallest absolute Gasteiger partial charge is 0.179 e. The number of nitrogens with zero attached hydrogens (tertiary/aromatic N) is 2. The van der Waals surface area contributed by atoms with Gasteiger partial charge in [0.2, 0.25) is 0 Å². The van der Waals surface area contributed by atoms with E-state index >= 15 is 0 Å². The summed E-state index contributed by atoms with van der Waals surface area (Å²) >= 11 is 0. The zero-order chi connectivity index (χ0) is 29.3. The molecule has 208 valence electrons. The van der Waals surface area contributed by atoms with Crippen LogP contribution in [0, 0.1) is 0 Å². The molecule has 0 aliphatic rings. The molecule has 0 amide bonds. The Hall–Kier alpha value is -5.51. The summed E-state index contributed by atoms with van der Waals surface area (Å²) in [6, 6.07) is 62.3. The molecule has 0 saturated heterocycles. The Morgan fingerprint density at radius 2 is 0.864 bits per heavy atom. The van der Waals surface area contributed by atoms with Crippen molar-refractivity contribution >= 4 is 50.6 Å². The van der Waals surface area contributed by atoms with E-state index in [0.717, 1.165) is 5.56 Å². The molecule has 44 heavy (non-hydrogen) atoms. The van der Waals surface area contributed by atoms with E-state index in [-0.39, 0.29) is 0 Å². The van der Waals surface area contributed by atoms with Crippen LogP contribution in [-0.4, -0.2) is 17.6 Å². The quantitative estimate of drug-likeness (QED) is 0.150. The molecule has 0 fully saturated rings. The van der Waals surface area contributed by atoms with Crippen LogP contribution < -0.4 is 20.7 Å². The van der Waals surface area contributed by atoms with E-state index in [2.05, 4.69) is 173 Å². The summed E-state index contributed by atoms with van der Waals surface area (Å²) in [5.74, 6) is 0. The van der Waals surface area contributed by atoms with Crippen molar-refractivity contribution in [1.82, 2.24) is 9.55 Å². The monoisotopic (exact) mass is 578 g/mol. The number of para-hydroxylation sites is 2. The van der Waals surface area contributed by atoms with E-state index in [1.807, 2.05) is 18.5 Å². The maximum atomic E-state index is 4.35. The number of fused-ring (bicyclic) bond motifs is 3. The van der Waals surface area contributed by atoms with E-state index in [0.29, 0.717) is 0 Å². The second-order valence-corrected chi connectivity index (χ2v) is 15.0. The first kappa shape index (κ1) is 26.1. The van der Waals surface area contributed by atoms with Gasteiger partial charge in [0, 0.05) is 28.9 Å². The Labute approximate surface area is 258 Å². The highest BCUT2D eigenvalue weighted by atomic mass is 28.3. The minimum atomic E-state index is -2.66. The molecule has 0 atom stereocenters. The van der Waals surface area contributed by atoms with Gasteiger partial charge in [-0.25, -0.2) is 0 Å². The molecule has 0 saturated carbocycles. The molecule has 0 spiro atoms. The summed E-state index contributed by atoms with van der Waals surface area (Å²) in [6.07, 6.45) is 3.76. The summed E-state index contributed by atoms with van der Waals surface area (Å²) in [5, 5.41) is 7.99. The van der Waals surface area contributed by atoms with Crippen molar-refractivity contribution in [2.45, 2.75) is 0 Å². The van der Waals surface area contributed by atoms with E-state index in [9.17, 15) is 0 Å². The van der Waals surface area contributed by atoms with Gasteiger partial charge in [-0.1, -0.05) is 140 Å². The lowest BCUT2D eigenvalue weighted by molar-refractivity contribution is 1.18. The zero-order valence-corrected chi connectivity index (χ0v) is 25.2. The van der Waals surface area contributed by atoms with E-state index in [1.165, 1.54) is 53.8 Å². The molecule has 2 heterocycles. The average molecular weight is 579 g/mol. The summed E-state index contributed by atoms with van der Waals surface area (Å²) in [7, 11) is -2.66. The predicted molar refractivity (Wildman–Crippen MR) is 188 cm³/mol. The topological polar surface area (TPSA) is 17.8 Å². The van der Waals surface area contributed by atoms with Crippen molar-refractivity contribution in [1.29, 1.82) is 0 Å². The summed E-state index contributed by atoms with van der Waals surface area (Å²) in [4.78, 5) is 4.35. The number of rotatable bonds is 6. The SMILES string of the molecule is c1ccc([Si](c2ccccc2)(c2ccc(-c3cccnc3)cc2)c2ccc(-n3c4ccccc4c4ccccc43)cc2)cc1. The molecule has 2 aromatic heterocycles. The Morgan fingerprint density at radius 1 is 0.386 bits per heavy atom. The Bertz CT molecular complexity index is 2090. The molecule has 6 aromatic carbocycles. The Balaban J connectivity index is 1.35. The summed E-state index contributed by atoms with van der Waals surface area (Å²) < 4.78 is 2.39. The van der Waals surface area contributed by atoms with Crippen molar-refractivity contribution in [3.63, 3.8) is 0 Å². The molecule has 0 aliphatic carbocycles. The minimum absolute atomic E-state index is 1.13. The van der Waals surface area contributed by atoms with Gasteiger partial charge in [0.25, 0.3) is 0 Å². The minimum Gasteiger partial charge on any atom is -0.309 e. The summed E-state index contributed by atoms with van der Waals surface area (Å²) in [6.45, 7) is 0. The fraction of sp³-hybridized carbons (Fsp3) is 0. The third-order valence-electron chi connectivity index (χ3n) is 8.86. The molecule has 0 unspecified atom stereocenters. The highest BCUT2D eigenvalue weighted by molar-refractivity contribution is 7.19. The lowest BCUT2D eigenvalue weighted by Gasteiger charge is -2.34. The third kappa shape index (κ3) is 4.21.